The fourth-order valence-corrected chi connectivity index (χ4v) is 1.91. The van der Waals surface area contributed by atoms with Crippen LogP contribution in [0.4, 0.5) is 0 Å². The SMILES string of the molecule is CC(C)CCNC(=O)C(C)OC1CCNCC1. The van der Waals surface area contributed by atoms with Crippen molar-refractivity contribution < 1.29 is 9.53 Å². The lowest BCUT2D eigenvalue weighted by Crippen LogP contribution is -2.40. The molecule has 100 valence electrons. The molecule has 0 aromatic carbocycles. The summed E-state index contributed by atoms with van der Waals surface area (Å²) in [5, 5.41) is 6.21. The zero-order chi connectivity index (χ0) is 12.7. The number of hydrogen-bond donors (Lipinski definition) is 2. The van der Waals surface area contributed by atoms with Crippen LogP contribution in [0, 0.1) is 5.92 Å². The maximum atomic E-state index is 11.7. The minimum absolute atomic E-state index is 0.0178. The summed E-state index contributed by atoms with van der Waals surface area (Å²) in [6, 6.07) is 0. The van der Waals surface area contributed by atoms with E-state index in [0.29, 0.717) is 5.92 Å². The Labute approximate surface area is 104 Å². The van der Waals surface area contributed by atoms with E-state index in [1.165, 1.54) is 0 Å². The predicted molar refractivity (Wildman–Crippen MR) is 68.9 cm³/mol. The van der Waals surface area contributed by atoms with Gasteiger partial charge in [-0.1, -0.05) is 13.8 Å². The third-order valence-electron chi connectivity index (χ3n) is 3.07. The highest BCUT2D eigenvalue weighted by Crippen LogP contribution is 2.10. The van der Waals surface area contributed by atoms with Crippen molar-refractivity contribution in [2.45, 2.75) is 52.2 Å². The Kier molecular flexibility index (Phi) is 6.52. The first-order chi connectivity index (χ1) is 8.09. The van der Waals surface area contributed by atoms with Crippen molar-refractivity contribution in [3.05, 3.63) is 0 Å². The Morgan fingerprint density at radius 3 is 2.59 bits per heavy atom. The molecule has 17 heavy (non-hydrogen) atoms. The van der Waals surface area contributed by atoms with Crippen LogP contribution in [0.3, 0.4) is 0 Å². The molecule has 0 aromatic rings. The van der Waals surface area contributed by atoms with Crippen LogP contribution < -0.4 is 10.6 Å². The van der Waals surface area contributed by atoms with Gasteiger partial charge < -0.3 is 15.4 Å². The summed E-state index contributed by atoms with van der Waals surface area (Å²) >= 11 is 0. The number of amides is 1. The molecule has 1 atom stereocenters. The molecule has 1 amide bonds. The maximum absolute atomic E-state index is 11.7. The van der Waals surface area contributed by atoms with E-state index in [9.17, 15) is 4.79 Å². The number of piperidine rings is 1. The maximum Gasteiger partial charge on any atom is 0.248 e. The second kappa shape index (κ2) is 7.67. The standard InChI is InChI=1S/C13H26N2O2/c1-10(2)4-9-15-13(16)11(3)17-12-5-7-14-8-6-12/h10-12,14H,4-9H2,1-3H3,(H,15,16). The Bertz CT molecular complexity index is 225. The number of carbonyl (C=O) groups is 1. The van der Waals surface area contributed by atoms with Gasteiger partial charge in [0.1, 0.15) is 6.10 Å². The van der Waals surface area contributed by atoms with Crippen LogP contribution >= 0.6 is 0 Å². The summed E-state index contributed by atoms with van der Waals surface area (Å²) in [7, 11) is 0. The van der Waals surface area contributed by atoms with Gasteiger partial charge in [-0.15, -0.1) is 0 Å². The normalized spacial score (nSPS) is 19.3. The summed E-state index contributed by atoms with van der Waals surface area (Å²) in [4.78, 5) is 11.7. The van der Waals surface area contributed by atoms with Crippen LogP contribution in [-0.4, -0.2) is 37.7 Å². The third-order valence-corrected chi connectivity index (χ3v) is 3.07. The zero-order valence-electron chi connectivity index (χ0n) is 11.3. The molecule has 0 spiro atoms. The van der Waals surface area contributed by atoms with Crippen LogP contribution in [0.1, 0.15) is 40.0 Å². The predicted octanol–water partition coefficient (Wildman–Crippen LogP) is 1.31. The van der Waals surface area contributed by atoms with Crippen molar-refractivity contribution in [3.8, 4) is 0 Å². The van der Waals surface area contributed by atoms with E-state index in [1.807, 2.05) is 6.92 Å². The molecule has 1 saturated heterocycles. The van der Waals surface area contributed by atoms with E-state index >= 15 is 0 Å². The van der Waals surface area contributed by atoms with Crippen molar-refractivity contribution in [2.24, 2.45) is 5.92 Å². The smallest absolute Gasteiger partial charge is 0.248 e. The number of nitrogens with one attached hydrogen (secondary N) is 2. The molecule has 1 fully saturated rings. The highest BCUT2D eigenvalue weighted by molar-refractivity contribution is 5.80. The molecule has 0 radical (unpaired) electrons. The average Bonchev–Trinajstić information content (AvgIpc) is 2.29. The van der Waals surface area contributed by atoms with Gasteiger partial charge in [-0.25, -0.2) is 0 Å². The molecule has 0 aliphatic carbocycles. The fourth-order valence-electron chi connectivity index (χ4n) is 1.91. The van der Waals surface area contributed by atoms with Gasteiger partial charge in [-0.2, -0.15) is 0 Å². The van der Waals surface area contributed by atoms with Crippen molar-refractivity contribution in [1.82, 2.24) is 10.6 Å². The topological polar surface area (TPSA) is 50.4 Å². The quantitative estimate of drug-likeness (QED) is 0.738. The molecule has 1 rings (SSSR count). The van der Waals surface area contributed by atoms with Crippen molar-refractivity contribution in [2.75, 3.05) is 19.6 Å². The molecule has 1 heterocycles. The van der Waals surface area contributed by atoms with Crippen molar-refractivity contribution in [1.29, 1.82) is 0 Å². The molecular formula is C13H26N2O2. The van der Waals surface area contributed by atoms with Crippen LogP contribution in [0.15, 0.2) is 0 Å². The number of ether oxygens (including phenoxy) is 1. The highest BCUT2D eigenvalue weighted by Gasteiger charge is 2.20. The lowest BCUT2D eigenvalue weighted by molar-refractivity contribution is -0.136. The molecule has 1 aliphatic heterocycles. The fraction of sp³-hybridized carbons (Fsp3) is 0.923. The van der Waals surface area contributed by atoms with Crippen LogP contribution in [-0.2, 0) is 9.53 Å². The zero-order valence-corrected chi connectivity index (χ0v) is 11.3. The largest absolute Gasteiger partial charge is 0.365 e. The summed E-state index contributed by atoms with van der Waals surface area (Å²) in [5.74, 6) is 0.639. The van der Waals surface area contributed by atoms with Gasteiger partial charge in [0.05, 0.1) is 6.10 Å². The summed E-state index contributed by atoms with van der Waals surface area (Å²) < 4.78 is 5.76. The molecule has 0 aromatic heterocycles. The highest BCUT2D eigenvalue weighted by atomic mass is 16.5. The third kappa shape index (κ3) is 6.03. The lowest BCUT2D eigenvalue weighted by Gasteiger charge is -2.25. The van der Waals surface area contributed by atoms with Crippen molar-refractivity contribution in [3.63, 3.8) is 0 Å². The molecule has 4 nitrogen and oxygen atoms in total. The first kappa shape index (κ1) is 14.5. The van der Waals surface area contributed by atoms with Gasteiger partial charge in [0, 0.05) is 6.54 Å². The summed E-state index contributed by atoms with van der Waals surface area (Å²) in [6.45, 7) is 8.88. The molecule has 2 N–H and O–H groups in total. The molecule has 0 bridgehead atoms. The molecule has 0 saturated carbocycles. The molecule has 4 heteroatoms. The van der Waals surface area contributed by atoms with Gasteiger partial charge >= 0.3 is 0 Å². The summed E-state index contributed by atoms with van der Waals surface area (Å²) in [6.07, 6.45) is 2.94. The first-order valence-electron chi connectivity index (χ1n) is 6.73. The van der Waals surface area contributed by atoms with E-state index < -0.39 is 0 Å². The second-order valence-corrected chi connectivity index (χ2v) is 5.20. The van der Waals surface area contributed by atoms with E-state index in [-0.39, 0.29) is 18.1 Å². The minimum atomic E-state index is -0.328. The van der Waals surface area contributed by atoms with Gasteiger partial charge in [0.2, 0.25) is 5.91 Å². The summed E-state index contributed by atoms with van der Waals surface area (Å²) in [5.41, 5.74) is 0. The van der Waals surface area contributed by atoms with E-state index in [0.717, 1.165) is 38.9 Å². The first-order valence-corrected chi connectivity index (χ1v) is 6.73. The molecular weight excluding hydrogens is 216 g/mol. The molecule has 1 aliphatic rings. The van der Waals surface area contributed by atoms with Crippen LogP contribution in [0.2, 0.25) is 0 Å². The minimum Gasteiger partial charge on any atom is -0.365 e. The van der Waals surface area contributed by atoms with E-state index in [1.54, 1.807) is 0 Å². The van der Waals surface area contributed by atoms with E-state index in [4.69, 9.17) is 4.74 Å². The van der Waals surface area contributed by atoms with Crippen LogP contribution in [0.25, 0.3) is 0 Å². The van der Waals surface area contributed by atoms with Gasteiger partial charge in [-0.05, 0) is 45.2 Å². The Hall–Kier alpha value is -0.610. The van der Waals surface area contributed by atoms with E-state index in [2.05, 4.69) is 24.5 Å². The Balaban J connectivity index is 2.16. The monoisotopic (exact) mass is 242 g/mol. The lowest BCUT2D eigenvalue weighted by atomic mass is 10.1. The second-order valence-electron chi connectivity index (χ2n) is 5.20. The Morgan fingerprint density at radius 2 is 2.00 bits per heavy atom. The Morgan fingerprint density at radius 1 is 1.35 bits per heavy atom. The number of rotatable bonds is 6. The van der Waals surface area contributed by atoms with Gasteiger partial charge in [0.15, 0.2) is 0 Å². The number of carbonyl (C=O) groups excluding carboxylic acids is 1. The molecule has 1 unspecified atom stereocenters. The van der Waals surface area contributed by atoms with Gasteiger partial charge in [0.25, 0.3) is 0 Å². The van der Waals surface area contributed by atoms with Crippen LogP contribution in [0.5, 0.6) is 0 Å². The van der Waals surface area contributed by atoms with Gasteiger partial charge in [-0.3, -0.25) is 4.79 Å². The van der Waals surface area contributed by atoms with Crippen molar-refractivity contribution >= 4 is 5.91 Å². The number of hydrogen-bond acceptors (Lipinski definition) is 3. The average molecular weight is 242 g/mol.